The number of methoxy groups -OCH3 is 2. The summed E-state index contributed by atoms with van der Waals surface area (Å²) in [5.41, 5.74) is 0. The monoisotopic (exact) mass is 202 g/mol. The lowest BCUT2D eigenvalue weighted by Crippen LogP contribution is -2.08. The third-order valence-corrected chi connectivity index (χ3v) is 1.85. The number of carbonyl (C=O) groups is 2. The number of carbonyl (C=O) groups excluding carboxylic acids is 2. The largest absolute Gasteiger partial charge is 0.384 e. The van der Waals surface area contributed by atoms with Gasteiger partial charge in [-0.2, -0.15) is 0 Å². The van der Waals surface area contributed by atoms with Gasteiger partial charge in [-0.25, -0.2) is 0 Å². The van der Waals surface area contributed by atoms with Crippen LogP contribution in [-0.2, 0) is 19.1 Å². The van der Waals surface area contributed by atoms with Gasteiger partial charge in [-0.15, -0.1) is 0 Å². The fourth-order valence-electron chi connectivity index (χ4n) is 0.961. The van der Waals surface area contributed by atoms with Crippen LogP contribution in [0.15, 0.2) is 0 Å². The highest BCUT2D eigenvalue weighted by molar-refractivity contribution is 5.86. The van der Waals surface area contributed by atoms with E-state index in [0.717, 1.165) is 0 Å². The Hall–Kier alpha value is -0.740. The first kappa shape index (κ1) is 13.3. The van der Waals surface area contributed by atoms with Crippen molar-refractivity contribution in [2.24, 2.45) is 0 Å². The molecule has 0 atom stereocenters. The van der Waals surface area contributed by atoms with Gasteiger partial charge < -0.3 is 9.47 Å². The second kappa shape index (κ2) is 8.84. The molecular weight excluding hydrogens is 184 g/mol. The lowest BCUT2D eigenvalue weighted by molar-refractivity contribution is -0.125. The Labute approximate surface area is 84.6 Å². The first-order valence-electron chi connectivity index (χ1n) is 4.72. The maximum atomic E-state index is 11.1. The molecule has 0 aromatic heterocycles. The van der Waals surface area contributed by atoms with Gasteiger partial charge in [-0.3, -0.25) is 9.59 Å². The molecule has 0 aliphatic heterocycles. The van der Waals surface area contributed by atoms with E-state index >= 15 is 0 Å². The minimum absolute atomic E-state index is 0.0811. The highest BCUT2D eigenvalue weighted by Crippen LogP contribution is 1.99. The van der Waals surface area contributed by atoms with Gasteiger partial charge in [0.1, 0.15) is 11.6 Å². The molecule has 0 aromatic rings. The Bertz CT molecular complexity index is 157. The van der Waals surface area contributed by atoms with Gasteiger partial charge in [0.2, 0.25) is 0 Å². The molecule has 0 radical (unpaired) electrons. The van der Waals surface area contributed by atoms with E-state index in [4.69, 9.17) is 9.47 Å². The van der Waals surface area contributed by atoms with Gasteiger partial charge >= 0.3 is 0 Å². The van der Waals surface area contributed by atoms with Crippen molar-refractivity contribution in [3.63, 3.8) is 0 Å². The van der Waals surface area contributed by atoms with E-state index in [1.165, 1.54) is 0 Å². The number of hydrogen-bond donors (Lipinski definition) is 0. The molecule has 0 saturated carbocycles. The fourth-order valence-corrected chi connectivity index (χ4v) is 0.961. The molecule has 0 rings (SSSR count). The minimum atomic E-state index is 0.0811. The smallest absolute Gasteiger partial charge is 0.135 e. The number of ketones is 2. The molecule has 0 fully saturated rings. The second-order valence-electron chi connectivity index (χ2n) is 3.06. The highest BCUT2D eigenvalue weighted by atomic mass is 16.5. The van der Waals surface area contributed by atoms with Gasteiger partial charge in [0, 0.05) is 39.9 Å². The number of rotatable bonds is 9. The van der Waals surface area contributed by atoms with E-state index < -0.39 is 0 Å². The van der Waals surface area contributed by atoms with Crippen LogP contribution < -0.4 is 0 Å². The maximum absolute atomic E-state index is 11.1. The van der Waals surface area contributed by atoms with Crippen LogP contribution >= 0.6 is 0 Å². The summed E-state index contributed by atoms with van der Waals surface area (Å²) in [6.45, 7) is 0.871. The van der Waals surface area contributed by atoms with E-state index in [2.05, 4.69) is 0 Å². The molecule has 14 heavy (non-hydrogen) atoms. The van der Waals surface area contributed by atoms with Crippen molar-refractivity contribution in [3.8, 4) is 0 Å². The van der Waals surface area contributed by atoms with Crippen molar-refractivity contribution in [3.05, 3.63) is 0 Å². The molecule has 0 saturated heterocycles. The SMILES string of the molecule is COCCC(=O)CCC(=O)CCOC. The van der Waals surface area contributed by atoms with Gasteiger partial charge in [-0.05, 0) is 0 Å². The van der Waals surface area contributed by atoms with Crippen LogP contribution in [0.5, 0.6) is 0 Å². The molecule has 4 heteroatoms. The van der Waals surface area contributed by atoms with Crippen molar-refractivity contribution in [1.29, 1.82) is 0 Å². The molecular formula is C10H18O4. The number of Topliss-reactive ketones (excluding diaryl/α,β-unsaturated/α-hetero) is 2. The Kier molecular flexibility index (Phi) is 8.37. The molecule has 0 aliphatic rings. The topological polar surface area (TPSA) is 52.6 Å². The van der Waals surface area contributed by atoms with Crippen LogP contribution in [0.2, 0.25) is 0 Å². The molecule has 0 heterocycles. The Balaban J connectivity index is 3.41. The summed E-state index contributed by atoms with van der Waals surface area (Å²) in [6, 6.07) is 0. The van der Waals surface area contributed by atoms with Crippen LogP contribution in [0.3, 0.4) is 0 Å². The zero-order chi connectivity index (χ0) is 10.8. The van der Waals surface area contributed by atoms with Crippen molar-refractivity contribution in [2.45, 2.75) is 25.7 Å². The summed E-state index contributed by atoms with van der Waals surface area (Å²) in [6.07, 6.45) is 1.44. The molecule has 0 unspecified atom stereocenters. The van der Waals surface area contributed by atoms with E-state index in [1.807, 2.05) is 0 Å². The molecule has 0 amide bonds. The standard InChI is InChI=1S/C10H18O4/c1-13-7-5-9(11)3-4-10(12)6-8-14-2/h3-8H2,1-2H3. The summed E-state index contributed by atoms with van der Waals surface area (Å²) in [7, 11) is 3.11. The third kappa shape index (κ3) is 7.89. The average Bonchev–Trinajstić information content (AvgIpc) is 2.20. The Morgan fingerprint density at radius 1 is 0.786 bits per heavy atom. The van der Waals surface area contributed by atoms with E-state index in [9.17, 15) is 9.59 Å². The van der Waals surface area contributed by atoms with E-state index in [0.29, 0.717) is 38.9 Å². The Morgan fingerprint density at radius 3 is 1.43 bits per heavy atom. The molecule has 0 aliphatic carbocycles. The highest BCUT2D eigenvalue weighted by Gasteiger charge is 2.06. The maximum Gasteiger partial charge on any atom is 0.135 e. The Morgan fingerprint density at radius 2 is 1.14 bits per heavy atom. The number of ether oxygens (including phenoxy) is 2. The van der Waals surface area contributed by atoms with E-state index in [1.54, 1.807) is 14.2 Å². The van der Waals surface area contributed by atoms with Crippen LogP contribution in [-0.4, -0.2) is 39.0 Å². The minimum Gasteiger partial charge on any atom is -0.384 e. The summed E-state index contributed by atoms with van der Waals surface area (Å²) in [5.74, 6) is 0.162. The van der Waals surface area contributed by atoms with Crippen LogP contribution in [0.25, 0.3) is 0 Å². The lowest BCUT2D eigenvalue weighted by atomic mass is 10.1. The molecule has 0 aromatic carbocycles. The van der Waals surface area contributed by atoms with Gasteiger partial charge in [0.05, 0.1) is 13.2 Å². The van der Waals surface area contributed by atoms with Gasteiger partial charge in [-0.1, -0.05) is 0 Å². The lowest BCUT2D eigenvalue weighted by Gasteiger charge is -2.00. The van der Waals surface area contributed by atoms with Crippen molar-refractivity contribution >= 4 is 11.6 Å². The summed E-state index contributed by atoms with van der Waals surface area (Å²) in [4.78, 5) is 22.2. The van der Waals surface area contributed by atoms with Crippen LogP contribution in [0.4, 0.5) is 0 Å². The zero-order valence-electron chi connectivity index (χ0n) is 8.88. The normalized spacial score (nSPS) is 10.1. The van der Waals surface area contributed by atoms with Gasteiger partial charge in [0.25, 0.3) is 0 Å². The third-order valence-electron chi connectivity index (χ3n) is 1.85. The summed E-state index contributed by atoms with van der Waals surface area (Å²) in [5, 5.41) is 0. The van der Waals surface area contributed by atoms with Crippen molar-refractivity contribution in [2.75, 3.05) is 27.4 Å². The summed E-state index contributed by atoms with van der Waals surface area (Å²) >= 11 is 0. The number of hydrogen-bond acceptors (Lipinski definition) is 4. The second-order valence-corrected chi connectivity index (χ2v) is 3.06. The molecule has 82 valence electrons. The van der Waals surface area contributed by atoms with Crippen LogP contribution in [0.1, 0.15) is 25.7 Å². The predicted molar refractivity (Wildman–Crippen MR) is 52.2 cm³/mol. The average molecular weight is 202 g/mol. The van der Waals surface area contributed by atoms with Crippen molar-refractivity contribution in [1.82, 2.24) is 0 Å². The van der Waals surface area contributed by atoms with Crippen molar-refractivity contribution < 1.29 is 19.1 Å². The molecule has 0 spiro atoms. The van der Waals surface area contributed by atoms with E-state index in [-0.39, 0.29) is 11.6 Å². The quantitative estimate of drug-likeness (QED) is 0.559. The zero-order valence-corrected chi connectivity index (χ0v) is 8.88. The fraction of sp³-hybridized carbons (Fsp3) is 0.800. The molecule has 0 bridgehead atoms. The predicted octanol–water partition coefficient (Wildman–Crippen LogP) is 0.978. The van der Waals surface area contributed by atoms with Crippen LogP contribution in [0, 0.1) is 0 Å². The first-order valence-corrected chi connectivity index (χ1v) is 4.72. The summed E-state index contributed by atoms with van der Waals surface area (Å²) < 4.78 is 9.52. The molecule has 0 N–H and O–H groups in total. The molecule has 4 nitrogen and oxygen atoms in total. The van der Waals surface area contributed by atoms with Gasteiger partial charge in [0.15, 0.2) is 0 Å². The first-order chi connectivity index (χ1) is 6.70.